The van der Waals surface area contributed by atoms with Crippen LogP contribution in [0, 0.1) is 0 Å². The second kappa shape index (κ2) is 8.09. The first-order valence-corrected chi connectivity index (χ1v) is 9.83. The molecule has 1 aromatic carbocycles. The Hall–Kier alpha value is -2.12. The summed E-state index contributed by atoms with van der Waals surface area (Å²) in [5.41, 5.74) is 1.80. The maximum absolute atomic E-state index is 13.0. The number of benzene rings is 1. The summed E-state index contributed by atoms with van der Waals surface area (Å²) in [7, 11) is 0. The predicted molar refractivity (Wildman–Crippen MR) is 104 cm³/mol. The van der Waals surface area contributed by atoms with Crippen LogP contribution in [-0.4, -0.2) is 59.0 Å². The highest BCUT2D eigenvalue weighted by Gasteiger charge is 2.39. The minimum Gasteiger partial charge on any atom is -0.444 e. The third-order valence-electron chi connectivity index (χ3n) is 5.25. The monoisotopic (exact) mass is 390 g/mol. The summed E-state index contributed by atoms with van der Waals surface area (Å²) in [6.07, 6.45) is -1.23. The van der Waals surface area contributed by atoms with Crippen molar-refractivity contribution in [3.05, 3.63) is 35.4 Å². The van der Waals surface area contributed by atoms with Crippen molar-refractivity contribution in [2.75, 3.05) is 13.2 Å². The average molecular weight is 390 g/mol. The highest BCUT2D eigenvalue weighted by molar-refractivity contribution is 5.82. The number of amides is 2. The molecule has 4 atom stereocenters. The number of hydrogen-bond acceptors (Lipinski definition) is 5. The third kappa shape index (κ3) is 4.64. The third-order valence-corrected chi connectivity index (χ3v) is 5.25. The standard InChI is InChI=1S/C21H30N2O5/c1-13-15-8-6-5-7-14(15)9-10-23(13)19(25)18-11-17(24)16(12-27-18)22-20(26)28-21(2,3)4/h5-8,13,16-18,24H,9-12H2,1-4H3,(H,22,26)/t13-,16-,17?,18-/m0/s1. The quantitative estimate of drug-likeness (QED) is 0.808. The largest absolute Gasteiger partial charge is 0.444 e. The van der Waals surface area contributed by atoms with Crippen LogP contribution in [0.15, 0.2) is 24.3 Å². The van der Waals surface area contributed by atoms with Crippen molar-refractivity contribution >= 4 is 12.0 Å². The normalized spacial score (nSPS) is 27.7. The number of ether oxygens (including phenoxy) is 2. The van der Waals surface area contributed by atoms with Crippen molar-refractivity contribution in [2.45, 2.75) is 70.4 Å². The van der Waals surface area contributed by atoms with Crippen LogP contribution < -0.4 is 5.32 Å². The van der Waals surface area contributed by atoms with E-state index < -0.39 is 29.9 Å². The van der Waals surface area contributed by atoms with Crippen LogP contribution in [0.25, 0.3) is 0 Å². The molecule has 2 N–H and O–H groups in total. The lowest BCUT2D eigenvalue weighted by molar-refractivity contribution is -0.155. The van der Waals surface area contributed by atoms with Gasteiger partial charge in [0.15, 0.2) is 0 Å². The molecule has 2 aliphatic heterocycles. The van der Waals surface area contributed by atoms with Crippen molar-refractivity contribution in [3.8, 4) is 0 Å². The van der Waals surface area contributed by atoms with Gasteiger partial charge in [0, 0.05) is 13.0 Å². The Morgan fingerprint density at radius 3 is 2.68 bits per heavy atom. The van der Waals surface area contributed by atoms with Gasteiger partial charge in [0.1, 0.15) is 11.7 Å². The minimum absolute atomic E-state index is 0.0317. The Labute approximate surface area is 166 Å². The molecule has 154 valence electrons. The lowest BCUT2D eigenvalue weighted by atomic mass is 9.92. The summed E-state index contributed by atoms with van der Waals surface area (Å²) >= 11 is 0. The zero-order valence-corrected chi connectivity index (χ0v) is 17.0. The molecule has 0 saturated carbocycles. The van der Waals surface area contributed by atoms with E-state index in [9.17, 15) is 14.7 Å². The van der Waals surface area contributed by atoms with Gasteiger partial charge in [-0.2, -0.15) is 0 Å². The van der Waals surface area contributed by atoms with Crippen LogP contribution in [0.2, 0.25) is 0 Å². The zero-order chi connectivity index (χ0) is 20.5. The van der Waals surface area contributed by atoms with Gasteiger partial charge in [0.25, 0.3) is 5.91 Å². The Morgan fingerprint density at radius 2 is 2.00 bits per heavy atom. The highest BCUT2D eigenvalue weighted by Crippen LogP contribution is 2.31. The molecular formula is C21H30N2O5. The molecule has 7 heteroatoms. The van der Waals surface area contributed by atoms with Gasteiger partial charge in [0.05, 0.1) is 24.8 Å². The van der Waals surface area contributed by atoms with E-state index in [0.717, 1.165) is 12.0 Å². The van der Waals surface area contributed by atoms with Crippen molar-refractivity contribution in [2.24, 2.45) is 0 Å². The van der Waals surface area contributed by atoms with Gasteiger partial charge >= 0.3 is 6.09 Å². The molecule has 1 unspecified atom stereocenters. The van der Waals surface area contributed by atoms with Crippen molar-refractivity contribution in [3.63, 3.8) is 0 Å². The smallest absolute Gasteiger partial charge is 0.408 e. The van der Waals surface area contributed by atoms with E-state index in [1.165, 1.54) is 5.56 Å². The molecule has 0 spiro atoms. The number of carbonyl (C=O) groups excluding carboxylic acids is 2. The number of alkyl carbamates (subject to hydrolysis) is 1. The molecular weight excluding hydrogens is 360 g/mol. The van der Waals surface area contributed by atoms with Gasteiger partial charge in [-0.1, -0.05) is 24.3 Å². The Balaban J connectivity index is 1.58. The second-order valence-electron chi connectivity index (χ2n) is 8.53. The molecule has 1 fully saturated rings. The summed E-state index contributed by atoms with van der Waals surface area (Å²) in [6.45, 7) is 8.03. The highest BCUT2D eigenvalue weighted by atomic mass is 16.6. The van der Waals surface area contributed by atoms with Gasteiger partial charge in [-0.15, -0.1) is 0 Å². The number of hydrogen-bond donors (Lipinski definition) is 2. The predicted octanol–water partition coefficient (Wildman–Crippen LogP) is 2.18. The maximum atomic E-state index is 13.0. The van der Waals surface area contributed by atoms with Crippen molar-refractivity contribution < 1.29 is 24.2 Å². The molecule has 2 amide bonds. The van der Waals surface area contributed by atoms with Crippen LogP contribution in [0.3, 0.4) is 0 Å². The van der Waals surface area contributed by atoms with E-state index in [2.05, 4.69) is 17.4 Å². The molecule has 3 rings (SSSR count). The van der Waals surface area contributed by atoms with E-state index in [1.54, 1.807) is 20.8 Å². The van der Waals surface area contributed by atoms with Crippen LogP contribution in [0.4, 0.5) is 4.79 Å². The Morgan fingerprint density at radius 1 is 1.29 bits per heavy atom. The first-order valence-electron chi connectivity index (χ1n) is 9.83. The number of rotatable bonds is 2. The molecule has 1 saturated heterocycles. The van der Waals surface area contributed by atoms with Gasteiger partial charge in [-0.3, -0.25) is 4.79 Å². The van der Waals surface area contributed by atoms with Crippen molar-refractivity contribution in [1.82, 2.24) is 10.2 Å². The fourth-order valence-corrected chi connectivity index (χ4v) is 3.81. The zero-order valence-electron chi connectivity index (χ0n) is 17.0. The average Bonchev–Trinajstić information content (AvgIpc) is 2.62. The number of fused-ring (bicyclic) bond motifs is 1. The summed E-state index contributed by atoms with van der Waals surface area (Å²) in [6, 6.07) is 7.52. The lowest BCUT2D eigenvalue weighted by Crippen LogP contribution is -2.56. The van der Waals surface area contributed by atoms with E-state index >= 15 is 0 Å². The molecule has 1 aromatic rings. The van der Waals surface area contributed by atoms with Gasteiger partial charge in [0.2, 0.25) is 0 Å². The summed E-state index contributed by atoms with van der Waals surface area (Å²) < 4.78 is 10.9. The van der Waals surface area contributed by atoms with Gasteiger partial charge in [-0.05, 0) is 45.2 Å². The number of nitrogens with one attached hydrogen (secondary N) is 1. The summed E-state index contributed by atoms with van der Waals surface area (Å²) in [5, 5.41) is 13.1. The van der Waals surface area contributed by atoms with Crippen LogP contribution in [0.1, 0.15) is 51.3 Å². The Bertz CT molecular complexity index is 730. The number of nitrogens with zero attached hydrogens (tertiary/aromatic N) is 1. The van der Waals surface area contributed by atoms with Crippen LogP contribution in [-0.2, 0) is 20.7 Å². The number of aliphatic hydroxyl groups excluding tert-OH is 1. The first kappa shape index (κ1) is 20.6. The molecule has 0 aliphatic carbocycles. The SMILES string of the molecule is C[C@H]1c2ccccc2CCN1C(=O)[C@@H]1CC(O)[C@@H](NC(=O)OC(C)(C)C)CO1. The molecule has 0 bridgehead atoms. The second-order valence-corrected chi connectivity index (χ2v) is 8.53. The molecule has 2 heterocycles. The molecule has 7 nitrogen and oxygen atoms in total. The lowest BCUT2D eigenvalue weighted by Gasteiger charge is -2.40. The van der Waals surface area contributed by atoms with E-state index in [-0.39, 0.29) is 25.0 Å². The molecule has 2 aliphatic rings. The molecule has 28 heavy (non-hydrogen) atoms. The summed E-state index contributed by atoms with van der Waals surface area (Å²) in [5.74, 6) is -0.114. The summed E-state index contributed by atoms with van der Waals surface area (Å²) in [4.78, 5) is 26.8. The fraction of sp³-hybridized carbons (Fsp3) is 0.619. The minimum atomic E-state index is -0.873. The maximum Gasteiger partial charge on any atom is 0.408 e. The van der Waals surface area contributed by atoms with Crippen LogP contribution >= 0.6 is 0 Å². The van der Waals surface area contributed by atoms with Gasteiger partial charge < -0.3 is 24.8 Å². The van der Waals surface area contributed by atoms with Crippen LogP contribution in [0.5, 0.6) is 0 Å². The Kier molecular flexibility index (Phi) is 5.95. The molecule has 0 aromatic heterocycles. The van der Waals surface area contributed by atoms with E-state index in [4.69, 9.17) is 9.47 Å². The fourth-order valence-electron chi connectivity index (χ4n) is 3.81. The van der Waals surface area contributed by atoms with E-state index in [1.807, 2.05) is 24.0 Å². The number of carbonyl (C=O) groups is 2. The van der Waals surface area contributed by atoms with Gasteiger partial charge in [-0.25, -0.2) is 4.79 Å². The molecule has 0 radical (unpaired) electrons. The number of aliphatic hydroxyl groups is 1. The van der Waals surface area contributed by atoms with Crippen molar-refractivity contribution in [1.29, 1.82) is 0 Å². The van der Waals surface area contributed by atoms with E-state index in [0.29, 0.717) is 6.54 Å². The first-order chi connectivity index (χ1) is 13.2. The topological polar surface area (TPSA) is 88.1 Å².